The van der Waals surface area contributed by atoms with E-state index in [-0.39, 0.29) is 17.3 Å². The molecule has 1 saturated heterocycles. The number of fused-ring (bicyclic) bond motifs is 2. The summed E-state index contributed by atoms with van der Waals surface area (Å²) >= 11 is 1.62. The fraction of sp³-hybridized carbons (Fsp3) is 0.150. The summed E-state index contributed by atoms with van der Waals surface area (Å²) in [5.74, 6) is -0.691. The van der Waals surface area contributed by atoms with E-state index < -0.39 is 5.97 Å². The van der Waals surface area contributed by atoms with Crippen molar-refractivity contribution in [2.45, 2.75) is 6.10 Å². The summed E-state index contributed by atoms with van der Waals surface area (Å²) < 4.78 is 12.1. The quantitative estimate of drug-likeness (QED) is 0.509. The standard InChI is InChI=1S/C20H14N2O4S/c23-15-9-17(26-16-7-3-1-5-13(15)16)19(24)25-12-10-22(11-12)20-21-14-6-2-4-8-18(14)27-20/h1-9,12H,10-11H2. The summed E-state index contributed by atoms with van der Waals surface area (Å²) in [6, 6.07) is 16.0. The maximum atomic E-state index is 12.3. The molecule has 0 radical (unpaired) electrons. The third kappa shape index (κ3) is 2.86. The van der Waals surface area contributed by atoms with Crippen LogP contribution in [0.4, 0.5) is 5.13 Å². The van der Waals surface area contributed by atoms with Gasteiger partial charge in [0.05, 0.1) is 28.7 Å². The van der Waals surface area contributed by atoms with Crippen LogP contribution in [-0.4, -0.2) is 30.1 Å². The number of benzene rings is 2. The van der Waals surface area contributed by atoms with Gasteiger partial charge in [-0.05, 0) is 24.3 Å². The van der Waals surface area contributed by atoms with Crippen molar-refractivity contribution in [2.24, 2.45) is 0 Å². The molecule has 0 atom stereocenters. The van der Waals surface area contributed by atoms with Crippen LogP contribution in [0, 0.1) is 0 Å². The maximum Gasteiger partial charge on any atom is 0.374 e. The van der Waals surface area contributed by atoms with E-state index in [1.54, 1.807) is 35.6 Å². The second kappa shape index (κ2) is 6.21. The Morgan fingerprint density at radius 2 is 1.93 bits per heavy atom. The van der Waals surface area contributed by atoms with E-state index in [0.717, 1.165) is 15.3 Å². The first kappa shape index (κ1) is 16.0. The van der Waals surface area contributed by atoms with Crippen molar-refractivity contribution in [3.8, 4) is 0 Å². The number of anilines is 1. The number of hydrogen-bond acceptors (Lipinski definition) is 7. The molecule has 2 aromatic heterocycles. The highest BCUT2D eigenvalue weighted by atomic mass is 32.1. The number of ether oxygens (including phenoxy) is 1. The second-order valence-corrected chi connectivity index (χ2v) is 7.38. The molecule has 0 bridgehead atoms. The van der Waals surface area contributed by atoms with Crippen LogP contribution < -0.4 is 10.3 Å². The van der Waals surface area contributed by atoms with E-state index in [1.807, 2.05) is 24.3 Å². The highest BCUT2D eigenvalue weighted by Crippen LogP contribution is 2.31. The number of carbonyl (C=O) groups excluding carboxylic acids is 1. The number of rotatable bonds is 3. The molecule has 0 aliphatic carbocycles. The highest BCUT2D eigenvalue weighted by Gasteiger charge is 2.33. The minimum atomic E-state index is -0.619. The first-order chi connectivity index (χ1) is 13.2. The zero-order chi connectivity index (χ0) is 18.4. The minimum absolute atomic E-state index is 0.0721. The van der Waals surface area contributed by atoms with Gasteiger partial charge in [0.1, 0.15) is 11.7 Å². The molecule has 1 aliphatic heterocycles. The fourth-order valence-corrected chi connectivity index (χ4v) is 4.06. The number of nitrogens with zero attached hydrogens (tertiary/aromatic N) is 2. The lowest BCUT2D eigenvalue weighted by molar-refractivity contribution is 0.0200. The number of aromatic nitrogens is 1. The van der Waals surface area contributed by atoms with Crippen molar-refractivity contribution < 1.29 is 13.9 Å². The van der Waals surface area contributed by atoms with Gasteiger partial charge >= 0.3 is 5.97 Å². The number of para-hydroxylation sites is 2. The Labute approximate surface area is 157 Å². The van der Waals surface area contributed by atoms with E-state index in [1.165, 1.54) is 6.07 Å². The van der Waals surface area contributed by atoms with Gasteiger partial charge in [0.2, 0.25) is 5.76 Å². The molecule has 0 amide bonds. The molecule has 1 fully saturated rings. The summed E-state index contributed by atoms with van der Waals surface area (Å²) in [5.41, 5.74) is 1.09. The SMILES string of the molecule is O=C(OC1CN(c2nc3ccccc3s2)C1)c1cc(=O)c2ccccc2o1. The van der Waals surface area contributed by atoms with E-state index in [0.29, 0.717) is 24.1 Å². The minimum Gasteiger partial charge on any atom is -0.453 e. The van der Waals surface area contributed by atoms with E-state index in [9.17, 15) is 9.59 Å². The van der Waals surface area contributed by atoms with Crippen LogP contribution in [-0.2, 0) is 4.74 Å². The number of hydrogen-bond donors (Lipinski definition) is 0. The van der Waals surface area contributed by atoms with Gasteiger partial charge in [-0.2, -0.15) is 0 Å². The topological polar surface area (TPSA) is 72.6 Å². The van der Waals surface area contributed by atoms with E-state index in [4.69, 9.17) is 9.15 Å². The summed E-state index contributed by atoms with van der Waals surface area (Å²) in [5, 5.41) is 1.36. The van der Waals surface area contributed by atoms with Crippen molar-refractivity contribution in [3.63, 3.8) is 0 Å². The zero-order valence-electron chi connectivity index (χ0n) is 14.1. The lowest BCUT2D eigenvalue weighted by atomic mass is 10.2. The Morgan fingerprint density at radius 1 is 1.15 bits per heavy atom. The maximum absolute atomic E-state index is 12.3. The third-order valence-electron chi connectivity index (χ3n) is 4.51. The molecule has 0 N–H and O–H groups in total. The van der Waals surface area contributed by atoms with Gasteiger partial charge in [0.15, 0.2) is 10.6 Å². The van der Waals surface area contributed by atoms with Gasteiger partial charge in [0, 0.05) is 6.07 Å². The van der Waals surface area contributed by atoms with E-state index in [2.05, 4.69) is 9.88 Å². The van der Waals surface area contributed by atoms with Gasteiger partial charge in [-0.15, -0.1) is 0 Å². The molecule has 7 heteroatoms. The molecule has 5 rings (SSSR count). The normalized spacial score (nSPS) is 14.4. The highest BCUT2D eigenvalue weighted by molar-refractivity contribution is 7.22. The van der Waals surface area contributed by atoms with Crippen LogP contribution in [0.3, 0.4) is 0 Å². The number of thiazole rings is 1. The molecular formula is C20H14N2O4S. The van der Waals surface area contributed by atoms with Crippen LogP contribution in [0.2, 0.25) is 0 Å². The Bertz CT molecular complexity index is 1190. The Morgan fingerprint density at radius 3 is 2.78 bits per heavy atom. The van der Waals surface area contributed by atoms with E-state index >= 15 is 0 Å². The molecule has 0 saturated carbocycles. The number of esters is 1. The van der Waals surface area contributed by atoms with Crippen molar-refractivity contribution in [1.82, 2.24) is 4.98 Å². The van der Waals surface area contributed by atoms with Gasteiger partial charge < -0.3 is 14.1 Å². The molecule has 0 spiro atoms. The Balaban J connectivity index is 1.28. The van der Waals surface area contributed by atoms with Crippen LogP contribution in [0.25, 0.3) is 21.2 Å². The summed E-state index contributed by atoms with van der Waals surface area (Å²) in [6.45, 7) is 1.15. The molecule has 27 heavy (non-hydrogen) atoms. The molecule has 0 unspecified atom stereocenters. The molecular weight excluding hydrogens is 364 g/mol. The lowest BCUT2D eigenvalue weighted by Crippen LogP contribution is -2.53. The predicted octanol–water partition coefficient (Wildman–Crippen LogP) is 3.45. The summed E-state index contributed by atoms with van der Waals surface area (Å²) in [6.07, 6.45) is -0.249. The summed E-state index contributed by atoms with van der Waals surface area (Å²) in [7, 11) is 0. The average Bonchev–Trinajstić information content (AvgIpc) is 3.07. The first-order valence-electron chi connectivity index (χ1n) is 8.52. The fourth-order valence-electron chi connectivity index (χ4n) is 3.08. The number of carbonyl (C=O) groups is 1. The van der Waals surface area contributed by atoms with Gasteiger partial charge in [0.25, 0.3) is 0 Å². The molecule has 1 aliphatic rings. The zero-order valence-corrected chi connectivity index (χ0v) is 14.9. The second-order valence-electron chi connectivity index (χ2n) is 6.37. The summed E-state index contributed by atoms with van der Waals surface area (Å²) in [4.78, 5) is 31.1. The Kier molecular flexibility index (Phi) is 3.68. The smallest absolute Gasteiger partial charge is 0.374 e. The van der Waals surface area contributed by atoms with Gasteiger partial charge in [-0.1, -0.05) is 35.6 Å². The van der Waals surface area contributed by atoms with Crippen molar-refractivity contribution in [1.29, 1.82) is 0 Å². The molecule has 4 aromatic rings. The van der Waals surface area contributed by atoms with Crippen LogP contribution >= 0.6 is 11.3 Å². The monoisotopic (exact) mass is 378 g/mol. The van der Waals surface area contributed by atoms with Crippen LogP contribution in [0.15, 0.2) is 63.8 Å². The van der Waals surface area contributed by atoms with Crippen molar-refractivity contribution in [3.05, 3.63) is 70.6 Å². The van der Waals surface area contributed by atoms with Gasteiger partial charge in [-0.3, -0.25) is 4.79 Å². The van der Waals surface area contributed by atoms with Crippen LogP contribution in [0.5, 0.6) is 0 Å². The lowest BCUT2D eigenvalue weighted by Gasteiger charge is -2.37. The van der Waals surface area contributed by atoms with Crippen molar-refractivity contribution in [2.75, 3.05) is 18.0 Å². The molecule has 3 heterocycles. The molecule has 6 nitrogen and oxygen atoms in total. The average molecular weight is 378 g/mol. The Hall–Kier alpha value is -3.19. The van der Waals surface area contributed by atoms with Crippen molar-refractivity contribution >= 4 is 43.6 Å². The first-order valence-corrected chi connectivity index (χ1v) is 9.33. The largest absolute Gasteiger partial charge is 0.453 e. The molecule has 134 valence electrons. The van der Waals surface area contributed by atoms with Gasteiger partial charge in [-0.25, -0.2) is 9.78 Å². The third-order valence-corrected chi connectivity index (χ3v) is 5.61. The molecule has 2 aromatic carbocycles. The predicted molar refractivity (Wildman–Crippen MR) is 104 cm³/mol. The van der Waals surface area contributed by atoms with Crippen LogP contribution in [0.1, 0.15) is 10.6 Å².